The minimum atomic E-state index is -0.104. The zero-order valence-electron chi connectivity index (χ0n) is 10.3. The highest BCUT2D eigenvalue weighted by atomic mass is 16.2. The molecule has 0 saturated heterocycles. The van der Waals surface area contributed by atoms with E-state index in [4.69, 9.17) is 0 Å². The Hall–Kier alpha value is -1.77. The van der Waals surface area contributed by atoms with Crippen LogP contribution in [-0.2, 0) is 0 Å². The number of anilines is 1. The van der Waals surface area contributed by atoms with Crippen LogP contribution in [0.25, 0.3) is 0 Å². The third-order valence-corrected chi connectivity index (χ3v) is 3.97. The van der Waals surface area contributed by atoms with Crippen molar-refractivity contribution < 1.29 is 4.79 Å². The Kier molecular flexibility index (Phi) is 3.05. The largest absolute Gasteiger partial charge is 0.338 e. The molecule has 94 valence electrons. The lowest BCUT2D eigenvalue weighted by atomic mass is 9.94. The predicted octanol–water partition coefficient (Wildman–Crippen LogP) is 3.02. The summed E-state index contributed by atoms with van der Waals surface area (Å²) in [5, 5.41) is 5.82. The van der Waals surface area contributed by atoms with E-state index in [0.717, 1.165) is 18.2 Å². The second kappa shape index (κ2) is 4.84. The smallest absolute Gasteiger partial charge is 0.319 e. The Labute approximate surface area is 107 Å². The number of carbonyl (C=O) groups is 1. The summed E-state index contributed by atoms with van der Waals surface area (Å²) in [5.74, 6) is 2.08. The van der Waals surface area contributed by atoms with Crippen LogP contribution in [0.4, 0.5) is 10.5 Å². The monoisotopic (exact) mass is 242 g/mol. The number of para-hydroxylation sites is 1. The minimum absolute atomic E-state index is 0.104. The van der Waals surface area contributed by atoms with E-state index in [1.165, 1.54) is 12.8 Å². The summed E-state index contributed by atoms with van der Waals surface area (Å²) in [5.41, 5.74) is 0.836. The molecule has 2 amide bonds. The molecule has 3 heteroatoms. The zero-order valence-corrected chi connectivity index (χ0v) is 10.3. The lowest BCUT2D eigenvalue weighted by molar-refractivity contribution is 0.249. The maximum absolute atomic E-state index is 11.7. The van der Waals surface area contributed by atoms with E-state index in [1.807, 2.05) is 30.3 Å². The van der Waals surface area contributed by atoms with Gasteiger partial charge in [-0.25, -0.2) is 4.79 Å². The maximum atomic E-state index is 11.7. The number of carbonyl (C=O) groups excluding carboxylic acids is 1. The second-order valence-corrected chi connectivity index (χ2v) is 5.24. The van der Waals surface area contributed by atoms with E-state index in [2.05, 4.69) is 22.8 Å². The molecule has 2 bridgehead atoms. The van der Waals surface area contributed by atoms with Crippen molar-refractivity contribution in [3.8, 4) is 0 Å². The zero-order chi connectivity index (χ0) is 12.4. The highest BCUT2D eigenvalue weighted by Crippen LogP contribution is 2.42. The molecular formula is C15H18N2O. The first-order chi connectivity index (χ1) is 8.81. The van der Waals surface area contributed by atoms with Crippen molar-refractivity contribution in [1.82, 2.24) is 5.32 Å². The highest BCUT2D eigenvalue weighted by Gasteiger charge is 2.35. The molecule has 2 aliphatic rings. The lowest BCUT2D eigenvalue weighted by Crippen LogP contribution is -2.34. The number of benzene rings is 1. The van der Waals surface area contributed by atoms with Gasteiger partial charge in [0.15, 0.2) is 0 Å². The second-order valence-electron chi connectivity index (χ2n) is 5.24. The van der Waals surface area contributed by atoms with Gasteiger partial charge in [0.1, 0.15) is 0 Å². The quantitative estimate of drug-likeness (QED) is 0.786. The Morgan fingerprint density at radius 3 is 2.67 bits per heavy atom. The number of hydrogen-bond acceptors (Lipinski definition) is 1. The maximum Gasteiger partial charge on any atom is 0.319 e. The Bertz CT molecular complexity index is 455. The highest BCUT2D eigenvalue weighted by molar-refractivity contribution is 5.89. The van der Waals surface area contributed by atoms with Gasteiger partial charge in [0, 0.05) is 12.2 Å². The average molecular weight is 242 g/mol. The van der Waals surface area contributed by atoms with Crippen LogP contribution in [0.1, 0.15) is 12.8 Å². The van der Waals surface area contributed by atoms with E-state index < -0.39 is 0 Å². The average Bonchev–Trinajstić information content (AvgIpc) is 3.00. The Balaban J connectivity index is 1.46. The van der Waals surface area contributed by atoms with Gasteiger partial charge in [-0.15, -0.1) is 0 Å². The van der Waals surface area contributed by atoms with Gasteiger partial charge < -0.3 is 10.6 Å². The minimum Gasteiger partial charge on any atom is -0.338 e. The van der Waals surface area contributed by atoms with E-state index in [0.29, 0.717) is 11.8 Å². The van der Waals surface area contributed by atoms with Gasteiger partial charge in [0.25, 0.3) is 0 Å². The molecule has 1 fully saturated rings. The summed E-state index contributed by atoms with van der Waals surface area (Å²) in [6, 6.07) is 9.43. The third-order valence-electron chi connectivity index (χ3n) is 3.97. The molecule has 0 radical (unpaired) electrons. The number of allylic oxidation sites excluding steroid dienone is 2. The molecular weight excluding hydrogens is 224 g/mol. The van der Waals surface area contributed by atoms with Gasteiger partial charge in [-0.2, -0.15) is 0 Å². The summed E-state index contributed by atoms with van der Waals surface area (Å²) >= 11 is 0. The summed E-state index contributed by atoms with van der Waals surface area (Å²) in [6.45, 7) is 0.782. The third kappa shape index (κ3) is 2.40. The fourth-order valence-electron chi connectivity index (χ4n) is 3.05. The molecule has 18 heavy (non-hydrogen) atoms. The molecule has 0 aromatic heterocycles. The van der Waals surface area contributed by atoms with Crippen molar-refractivity contribution >= 4 is 11.7 Å². The van der Waals surface area contributed by atoms with Crippen LogP contribution in [0.15, 0.2) is 42.5 Å². The number of fused-ring (bicyclic) bond motifs is 2. The summed E-state index contributed by atoms with van der Waals surface area (Å²) in [6.07, 6.45) is 7.15. The number of urea groups is 1. The van der Waals surface area contributed by atoms with E-state index in [1.54, 1.807) is 0 Å². The van der Waals surface area contributed by atoms with Crippen LogP contribution in [0.3, 0.4) is 0 Å². The van der Waals surface area contributed by atoms with Crippen molar-refractivity contribution in [2.24, 2.45) is 17.8 Å². The van der Waals surface area contributed by atoms with Crippen LogP contribution in [0, 0.1) is 17.8 Å². The first kappa shape index (κ1) is 11.3. The molecule has 0 spiro atoms. The SMILES string of the molecule is O=C(NC[C@H]1C[C@H]2C=C[C@@H]1C2)Nc1ccccc1. The number of hydrogen-bond donors (Lipinski definition) is 2. The standard InChI is InChI=1S/C15H18N2O/c18-15(17-14-4-2-1-3-5-14)16-10-13-9-11-6-7-12(13)8-11/h1-7,11-13H,8-10H2,(H2,16,17,18)/t11-,12+,13+/m0/s1. The summed E-state index contributed by atoms with van der Waals surface area (Å²) < 4.78 is 0. The first-order valence-electron chi connectivity index (χ1n) is 6.59. The van der Waals surface area contributed by atoms with Crippen LogP contribution < -0.4 is 10.6 Å². The lowest BCUT2D eigenvalue weighted by Gasteiger charge is -2.18. The predicted molar refractivity (Wildman–Crippen MR) is 72.3 cm³/mol. The van der Waals surface area contributed by atoms with Crippen molar-refractivity contribution in [1.29, 1.82) is 0 Å². The van der Waals surface area contributed by atoms with Crippen molar-refractivity contribution in [3.63, 3.8) is 0 Å². The van der Waals surface area contributed by atoms with Crippen LogP contribution in [-0.4, -0.2) is 12.6 Å². The number of nitrogens with one attached hydrogen (secondary N) is 2. The van der Waals surface area contributed by atoms with Crippen LogP contribution >= 0.6 is 0 Å². The molecule has 1 saturated carbocycles. The molecule has 3 atom stereocenters. The molecule has 2 N–H and O–H groups in total. The molecule has 1 aromatic carbocycles. The fraction of sp³-hybridized carbons (Fsp3) is 0.400. The van der Waals surface area contributed by atoms with Crippen LogP contribution in [0.5, 0.6) is 0 Å². The molecule has 3 rings (SSSR count). The Morgan fingerprint density at radius 2 is 2.00 bits per heavy atom. The first-order valence-corrected chi connectivity index (χ1v) is 6.59. The van der Waals surface area contributed by atoms with Crippen molar-refractivity contribution in [2.45, 2.75) is 12.8 Å². The van der Waals surface area contributed by atoms with Gasteiger partial charge in [-0.1, -0.05) is 30.4 Å². The molecule has 0 aliphatic heterocycles. The van der Waals surface area contributed by atoms with E-state index in [9.17, 15) is 4.79 Å². The van der Waals surface area contributed by atoms with Gasteiger partial charge in [-0.3, -0.25) is 0 Å². The summed E-state index contributed by atoms with van der Waals surface area (Å²) in [7, 11) is 0. The van der Waals surface area contributed by atoms with E-state index in [-0.39, 0.29) is 6.03 Å². The van der Waals surface area contributed by atoms with Gasteiger partial charge in [0.2, 0.25) is 0 Å². The van der Waals surface area contributed by atoms with Gasteiger partial charge in [0.05, 0.1) is 0 Å². The normalized spacial score (nSPS) is 28.3. The number of rotatable bonds is 3. The molecule has 0 heterocycles. The molecule has 2 aliphatic carbocycles. The summed E-state index contributed by atoms with van der Waals surface area (Å²) in [4.78, 5) is 11.7. The number of amides is 2. The van der Waals surface area contributed by atoms with Crippen molar-refractivity contribution in [2.75, 3.05) is 11.9 Å². The van der Waals surface area contributed by atoms with E-state index >= 15 is 0 Å². The fourth-order valence-corrected chi connectivity index (χ4v) is 3.05. The molecule has 1 aromatic rings. The van der Waals surface area contributed by atoms with Gasteiger partial charge >= 0.3 is 6.03 Å². The Morgan fingerprint density at radius 1 is 1.17 bits per heavy atom. The molecule has 0 unspecified atom stereocenters. The van der Waals surface area contributed by atoms with Crippen LogP contribution in [0.2, 0.25) is 0 Å². The van der Waals surface area contributed by atoms with Gasteiger partial charge in [-0.05, 0) is 42.7 Å². The molecule has 3 nitrogen and oxygen atoms in total. The van der Waals surface area contributed by atoms with Crippen molar-refractivity contribution in [3.05, 3.63) is 42.5 Å². The topological polar surface area (TPSA) is 41.1 Å².